The van der Waals surface area contributed by atoms with Crippen molar-refractivity contribution in [2.75, 3.05) is 41.3 Å². The van der Waals surface area contributed by atoms with Gasteiger partial charge in [0.2, 0.25) is 5.95 Å². The number of nitrogens with one attached hydrogen (secondary N) is 1. The van der Waals surface area contributed by atoms with E-state index in [0.717, 1.165) is 43.5 Å². The number of nitrogens with zero attached hydrogens (tertiary/aromatic N) is 6. The van der Waals surface area contributed by atoms with E-state index in [1.165, 1.54) is 0 Å². The van der Waals surface area contributed by atoms with Gasteiger partial charge in [-0.2, -0.15) is 10.2 Å². The van der Waals surface area contributed by atoms with Crippen molar-refractivity contribution >= 4 is 23.3 Å². The van der Waals surface area contributed by atoms with E-state index >= 15 is 0 Å². The van der Waals surface area contributed by atoms with Crippen molar-refractivity contribution in [1.82, 2.24) is 15.0 Å². The van der Waals surface area contributed by atoms with Crippen LogP contribution in [0, 0.1) is 18.3 Å². The van der Waals surface area contributed by atoms with Crippen molar-refractivity contribution in [3.63, 3.8) is 0 Å². The molecule has 28 heavy (non-hydrogen) atoms. The molecule has 1 aliphatic heterocycles. The Labute approximate surface area is 164 Å². The second-order valence-corrected chi connectivity index (χ2v) is 6.64. The lowest BCUT2D eigenvalue weighted by atomic mass is 10.2. The van der Waals surface area contributed by atoms with E-state index in [-0.39, 0.29) is 0 Å². The number of nitriles is 1. The maximum absolute atomic E-state index is 9.28. The van der Waals surface area contributed by atoms with Crippen molar-refractivity contribution in [2.24, 2.45) is 0 Å². The van der Waals surface area contributed by atoms with Crippen molar-refractivity contribution in [3.8, 4) is 6.07 Å². The van der Waals surface area contributed by atoms with Crippen LogP contribution in [0.3, 0.4) is 0 Å². The molecule has 1 N–H and O–H groups in total. The zero-order chi connectivity index (χ0) is 19.3. The maximum atomic E-state index is 9.28. The summed E-state index contributed by atoms with van der Waals surface area (Å²) in [5.41, 5.74) is 2.16. The van der Waals surface area contributed by atoms with E-state index in [1.807, 2.05) is 55.6 Å². The van der Waals surface area contributed by atoms with Crippen LogP contribution in [-0.4, -0.2) is 41.1 Å². The molecule has 0 atom stereocenters. The molecule has 0 amide bonds. The molecule has 0 spiro atoms. The monoisotopic (exact) mass is 371 g/mol. The van der Waals surface area contributed by atoms with E-state index in [1.54, 1.807) is 6.07 Å². The average Bonchev–Trinajstić information content (AvgIpc) is 2.74. The molecule has 3 aromatic rings. The predicted octanol–water partition coefficient (Wildman–Crippen LogP) is 3.12. The Morgan fingerprint density at radius 1 is 0.929 bits per heavy atom. The summed E-state index contributed by atoms with van der Waals surface area (Å²) < 4.78 is 0. The number of para-hydroxylation sites is 1. The van der Waals surface area contributed by atoms with Gasteiger partial charge in [-0.25, -0.2) is 9.97 Å². The minimum absolute atomic E-state index is 0.504. The van der Waals surface area contributed by atoms with Gasteiger partial charge in [0.25, 0.3) is 0 Å². The summed E-state index contributed by atoms with van der Waals surface area (Å²) in [6.45, 7) is 5.46. The molecule has 4 rings (SSSR count). The van der Waals surface area contributed by atoms with Gasteiger partial charge in [-0.15, -0.1) is 0 Å². The number of hydrogen-bond donors (Lipinski definition) is 1. The molecule has 0 bridgehead atoms. The molecule has 7 heteroatoms. The number of rotatable bonds is 4. The summed E-state index contributed by atoms with van der Waals surface area (Å²) in [4.78, 5) is 18.2. The number of piperazine rings is 1. The number of aryl methyl sites for hydroxylation is 1. The van der Waals surface area contributed by atoms with Crippen molar-refractivity contribution < 1.29 is 0 Å². The summed E-state index contributed by atoms with van der Waals surface area (Å²) in [6, 6.07) is 17.5. The molecule has 1 saturated heterocycles. The van der Waals surface area contributed by atoms with E-state index in [4.69, 9.17) is 0 Å². The third kappa shape index (κ3) is 3.86. The molecule has 0 saturated carbocycles. The minimum Gasteiger partial charge on any atom is -0.353 e. The summed E-state index contributed by atoms with van der Waals surface area (Å²) >= 11 is 0. The van der Waals surface area contributed by atoms with E-state index < -0.39 is 0 Å². The van der Waals surface area contributed by atoms with Crippen LogP contribution in [0.1, 0.15) is 11.3 Å². The van der Waals surface area contributed by atoms with Crippen LogP contribution in [0.2, 0.25) is 0 Å². The molecular formula is C21H21N7. The summed E-state index contributed by atoms with van der Waals surface area (Å²) in [7, 11) is 0. The predicted molar refractivity (Wildman–Crippen MR) is 110 cm³/mol. The van der Waals surface area contributed by atoms with Gasteiger partial charge in [-0.3, -0.25) is 0 Å². The molecule has 0 radical (unpaired) electrons. The number of benzene rings is 1. The van der Waals surface area contributed by atoms with Crippen molar-refractivity contribution in [1.29, 1.82) is 5.26 Å². The standard InChI is InChI=1S/C21H21N7/c1-16-14-20(26-21(24-16)25-18-7-3-2-6-17(18)15-22)28-12-10-27(11-13-28)19-8-4-5-9-23-19/h2-9,14H,10-13H2,1H3,(H,24,25,26). The van der Waals surface area contributed by atoms with Crippen molar-refractivity contribution in [3.05, 3.63) is 66.0 Å². The first kappa shape index (κ1) is 17.7. The minimum atomic E-state index is 0.504. The smallest absolute Gasteiger partial charge is 0.229 e. The Balaban J connectivity index is 1.50. The van der Waals surface area contributed by atoms with Gasteiger partial charge in [0.1, 0.15) is 17.7 Å². The lowest BCUT2D eigenvalue weighted by molar-refractivity contribution is 0.641. The fourth-order valence-corrected chi connectivity index (χ4v) is 3.29. The Kier molecular flexibility index (Phi) is 5.02. The molecule has 0 aliphatic carbocycles. The van der Waals surface area contributed by atoms with E-state index in [0.29, 0.717) is 17.2 Å². The number of aromatic nitrogens is 3. The highest BCUT2D eigenvalue weighted by Crippen LogP contribution is 2.22. The van der Waals surface area contributed by atoms with Crippen LogP contribution in [0.5, 0.6) is 0 Å². The van der Waals surface area contributed by atoms with Crippen LogP contribution >= 0.6 is 0 Å². The van der Waals surface area contributed by atoms with Gasteiger partial charge in [0.05, 0.1) is 11.3 Å². The van der Waals surface area contributed by atoms with Crippen LogP contribution in [0.4, 0.5) is 23.3 Å². The first-order valence-electron chi connectivity index (χ1n) is 9.26. The first-order chi connectivity index (χ1) is 13.7. The van der Waals surface area contributed by atoms with Gasteiger partial charge in [0, 0.05) is 44.1 Å². The van der Waals surface area contributed by atoms with Gasteiger partial charge >= 0.3 is 0 Å². The second kappa shape index (κ2) is 7.92. The Morgan fingerprint density at radius 3 is 2.36 bits per heavy atom. The molecular weight excluding hydrogens is 350 g/mol. The highest BCUT2D eigenvalue weighted by atomic mass is 15.3. The zero-order valence-electron chi connectivity index (χ0n) is 15.7. The van der Waals surface area contributed by atoms with Crippen LogP contribution < -0.4 is 15.1 Å². The topological polar surface area (TPSA) is 81.0 Å². The molecule has 140 valence electrons. The van der Waals surface area contributed by atoms with Crippen LogP contribution in [0.15, 0.2) is 54.7 Å². The average molecular weight is 371 g/mol. The Bertz CT molecular complexity index is 989. The normalized spacial score (nSPS) is 13.9. The summed E-state index contributed by atoms with van der Waals surface area (Å²) in [6.07, 6.45) is 1.83. The molecule has 1 aliphatic rings. The first-order valence-corrected chi connectivity index (χ1v) is 9.26. The Morgan fingerprint density at radius 2 is 1.64 bits per heavy atom. The number of pyridine rings is 1. The Hall–Kier alpha value is -3.66. The van der Waals surface area contributed by atoms with E-state index in [9.17, 15) is 5.26 Å². The highest BCUT2D eigenvalue weighted by Gasteiger charge is 2.20. The zero-order valence-corrected chi connectivity index (χ0v) is 15.7. The SMILES string of the molecule is Cc1cc(N2CCN(c3ccccn3)CC2)nc(Nc2ccccc2C#N)n1. The van der Waals surface area contributed by atoms with Crippen molar-refractivity contribution in [2.45, 2.75) is 6.92 Å². The maximum Gasteiger partial charge on any atom is 0.229 e. The lowest BCUT2D eigenvalue weighted by Gasteiger charge is -2.36. The van der Waals surface area contributed by atoms with Crippen LogP contribution in [0.25, 0.3) is 0 Å². The van der Waals surface area contributed by atoms with Gasteiger partial charge in [-0.1, -0.05) is 18.2 Å². The fraction of sp³-hybridized carbons (Fsp3) is 0.238. The number of anilines is 4. The van der Waals surface area contributed by atoms with Crippen LogP contribution in [-0.2, 0) is 0 Å². The molecule has 3 heterocycles. The molecule has 0 unspecified atom stereocenters. The largest absolute Gasteiger partial charge is 0.353 e. The third-order valence-electron chi connectivity index (χ3n) is 4.71. The quantitative estimate of drug-likeness (QED) is 0.754. The van der Waals surface area contributed by atoms with Gasteiger partial charge < -0.3 is 15.1 Å². The van der Waals surface area contributed by atoms with Gasteiger partial charge in [-0.05, 0) is 31.2 Å². The third-order valence-corrected chi connectivity index (χ3v) is 4.71. The number of hydrogen-bond acceptors (Lipinski definition) is 7. The second-order valence-electron chi connectivity index (χ2n) is 6.64. The lowest BCUT2D eigenvalue weighted by Crippen LogP contribution is -2.47. The molecule has 7 nitrogen and oxygen atoms in total. The fourth-order valence-electron chi connectivity index (χ4n) is 3.29. The molecule has 1 aromatic carbocycles. The highest BCUT2D eigenvalue weighted by molar-refractivity contribution is 5.63. The summed E-state index contributed by atoms with van der Waals surface area (Å²) in [5, 5.41) is 12.5. The van der Waals surface area contributed by atoms with E-state index in [2.05, 4.69) is 36.1 Å². The van der Waals surface area contributed by atoms with Gasteiger partial charge in [0.15, 0.2) is 0 Å². The molecule has 2 aromatic heterocycles. The summed E-state index contributed by atoms with van der Waals surface area (Å²) in [5.74, 6) is 2.41. The molecule has 1 fully saturated rings.